The number of hydrogen-bond donors (Lipinski definition) is 1. The van der Waals surface area contributed by atoms with E-state index in [0.29, 0.717) is 5.52 Å². The van der Waals surface area contributed by atoms with Crippen molar-refractivity contribution < 1.29 is 4.39 Å². The van der Waals surface area contributed by atoms with Gasteiger partial charge in [0.25, 0.3) is 5.56 Å². The van der Waals surface area contributed by atoms with Crippen LogP contribution in [0.2, 0.25) is 5.28 Å². The van der Waals surface area contributed by atoms with Gasteiger partial charge >= 0.3 is 0 Å². The first-order valence-electron chi connectivity index (χ1n) is 3.94. The summed E-state index contributed by atoms with van der Waals surface area (Å²) in [6.07, 6.45) is 0. The van der Waals surface area contributed by atoms with Gasteiger partial charge in [-0.15, -0.1) is 0 Å². The molecule has 72 valence electrons. The highest BCUT2D eigenvalue weighted by Gasteiger charge is 2.09. The molecule has 1 aromatic carbocycles. The lowest BCUT2D eigenvalue weighted by molar-refractivity contribution is 0.638. The number of rotatable bonds is 0. The van der Waals surface area contributed by atoms with Crippen LogP contribution in [0.4, 0.5) is 4.39 Å². The largest absolute Gasteiger partial charge is 0.297 e. The van der Waals surface area contributed by atoms with Crippen molar-refractivity contribution in [3.63, 3.8) is 0 Å². The molecule has 3 nitrogen and oxygen atoms in total. The molecular weight excluding hydrogens is 207 g/mol. The van der Waals surface area contributed by atoms with Crippen LogP contribution in [-0.4, -0.2) is 9.97 Å². The summed E-state index contributed by atoms with van der Waals surface area (Å²) in [5.41, 5.74) is 0.467. The Hall–Kier alpha value is -1.42. The first-order chi connectivity index (χ1) is 6.59. The fraction of sp³-hybridized carbons (Fsp3) is 0.111. The Kier molecular flexibility index (Phi) is 2.00. The summed E-state index contributed by atoms with van der Waals surface area (Å²) in [4.78, 5) is 17.5. The first-order valence-corrected chi connectivity index (χ1v) is 4.32. The van der Waals surface area contributed by atoms with Gasteiger partial charge in [-0.1, -0.05) is 6.07 Å². The van der Waals surface area contributed by atoms with E-state index >= 15 is 0 Å². The van der Waals surface area contributed by atoms with E-state index in [-0.39, 0.29) is 10.7 Å². The van der Waals surface area contributed by atoms with E-state index in [1.165, 1.54) is 6.07 Å². The van der Waals surface area contributed by atoms with E-state index in [1.807, 2.05) is 0 Å². The van der Waals surface area contributed by atoms with Gasteiger partial charge in [-0.2, -0.15) is 0 Å². The van der Waals surface area contributed by atoms with Crippen LogP contribution in [0.15, 0.2) is 16.9 Å². The Morgan fingerprint density at radius 3 is 2.93 bits per heavy atom. The van der Waals surface area contributed by atoms with Gasteiger partial charge in [0.2, 0.25) is 5.28 Å². The lowest BCUT2D eigenvalue weighted by Gasteiger charge is -2.01. The van der Waals surface area contributed by atoms with E-state index in [0.717, 1.165) is 5.56 Å². The van der Waals surface area contributed by atoms with Gasteiger partial charge in [0.05, 0.1) is 5.52 Å². The average Bonchev–Trinajstić information content (AvgIpc) is 2.10. The normalized spacial score (nSPS) is 10.8. The number of halogens is 2. The van der Waals surface area contributed by atoms with Crippen LogP contribution in [0.1, 0.15) is 5.56 Å². The van der Waals surface area contributed by atoms with E-state index in [1.54, 1.807) is 13.0 Å². The molecule has 0 fully saturated rings. The minimum Gasteiger partial charge on any atom is -0.297 e. The van der Waals surface area contributed by atoms with Gasteiger partial charge in [-0.25, -0.2) is 9.37 Å². The van der Waals surface area contributed by atoms with Crippen molar-refractivity contribution in [2.45, 2.75) is 6.92 Å². The molecule has 0 radical (unpaired) electrons. The number of aromatic nitrogens is 2. The number of aryl methyl sites for hydroxylation is 1. The molecule has 0 atom stereocenters. The molecule has 0 bridgehead atoms. The Labute approximate surface area is 83.5 Å². The monoisotopic (exact) mass is 212 g/mol. The van der Waals surface area contributed by atoms with Crippen LogP contribution in [0, 0.1) is 12.7 Å². The van der Waals surface area contributed by atoms with Crippen molar-refractivity contribution in [1.82, 2.24) is 9.97 Å². The number of fused-ring (bicyclic) bond motifs is 1. The maximum atomic E-state index is 13.3. The standard InChI is InChI=1S/C9H6ClFN2O/c1-4-2-3-5(11)6-7(4)12-9(10)13-8(6)14/h2-3H,1H3,(H,12,13,14). The second-order valence-electron chi connectivity index (χ2n) is 2.94. The van der Waals surface area contributed by atoms with Crippen LogP contribution in [0.5, 0.6) is 0 Å². The van der Waals surface area contributed by atoms with E-state index in [9.17, 15) is 9.18 Å². The Morgan fingerprint density at radius 2 is 2.21 bits per heavy atom. The summed E-state index contributed by atoms with van der Waals surface area (Å²) in [6, 6.07) is 2.79. The van der Waals surface area contributed by atoms with E-state index in [2.05, 4.69) is 9.97 Å². The molecule has 2 aromatic rings. The molecule has 1 N–H and O–H groups in total. The van der Waals surface area contributed by atoms with Gasteiger partial charge in [-0.3, -0.25) is 9.78 Å². The Balaban J connectivity index is 3.08. The minimum atomic E-state index is -0.587. The van der Waals surface area contributed by atoms with Crippen molar-refractivity contribution >= 4 is 22.5 Å². The third-order valence-electron chi connectivity index (χ3n) is 1.98. The predicted octanol–water partition coefficient (Wildman–Crippen LogP) is 2.02. The predicted molar refractivity (Wildman–Crippen MR) is 52.1 cm³/mol. The second kappa shape index (κ2) is 3.06. The second-order valence-corrected chi connectivity index (χ2v) is 3.30. The summed E-state index contributed by atoms with van der Waals surface area (Å²) in [6.45, 7) is 1.74. The topological polar surface area (TPSA) is 45.8 Å². The molecule has 0 aliphatic carbocycles. The lowest BCUT2D eigenvalue weighted by atomic mass is 10.1. The van der Waals surface area contributed by atoms with E-state index < -0.39 is 11.4 Å². The minimum absolute atomic E-state index is 0.0313. The van der Waals surface area contributed by atoms with Gasteiger partial charge in [0.1, 0.15) is 11.2 Å². The smallest absolute Gasteiger partial charge is 0.262 e. The van der Waals surface area contributed by atoms with Crippen LogP contribution in [0.3, 0.4) is 0 Å². The molecule has 1 heterocycles. The van der Waals surface area contributed by atoms with Crippen molar-refractivity contribution in [1.29, 1.82) is 0 Å². The average molecular weight is 213 g/mol. The number of aromatic amines is 1. The third kappa shape index (κ3) is 1.28. The number of hydrogen-bond acceptors (Lipinski definition) is 2. The zero-order chi connectivity index (χ0) is 10.3. The van der Waals surface area contributed by atoms with Gasteiger partial charge in [-0.05, 0) is 30.2 Å². The SMILES string of the molecule is Cc1ccc(F)c2c(=O)[nH]c(Cl)nc12. The molecule has 0 saturated carbocycles. The van der Waals surface area contributed by atoms with Gasteiger partial charge in [0, 0.05) is 0 Å². The molecular formula is C9H6ClFN2O. The summed E-state index contributed by atoms with van der Waals surface area (Å²) in [7, 11) is 0. The van der Waals surface area contributed by atoms with Crippen molar-refractivity contribution in [3.05, 3.63) is 39.2 Å². The van der Waals surface area contributed by atoms with Crippen LogP contribution < -0.4 is 5.56 Å². The maximum Gasteiger partial charge on any atom is 0.262 e. The highest BCUT2D eigenvalue weighted by molar-refractivity contribution is 6.28. The fourth-order valence-electron chi connectivity index (χ4n) is 1.31. The fourth-order valence-corrected chi connectivity index (χ4v) is 1.48. The molecule has 0 aliphatic rings. The number of nitrogens with zero attached hydrogens (tertiary/aromatic N) is 1. The molecule has 5 heteroatoms. The maximum absolute atomic E-state index is 13.3. The highest BCUT2D eigenvalue weighted by Crippen LogP contribution is 2.16. The molecule has 0 amide bonds. The summed E-state index contributed by atoms with van der Waals surface area (Å²) in [5.74, 6) is -0.587. The number of H-pyrrole nitrogens is 1. The Bertz CT molecular complexity index is 564. The zero-order valence-corrected chi connectivity index (χ0v) is 8.02. The summed E-state index contributed by atoms with van der Waals surface area (Å²) < 4.78 is 13.3. The molecule has 0 aliphatic heterocycles. The molecule has 14 heavy (non-hydrogen) atoms. The molecule has 0 unspecified atom stereocenters. The zero-order valence-electron chi connectivity index (χ0n) is 7.27. The highest BCUT2D eigenvalue weighted by atomic mass is 35.5. The van der Waals surface area contributed by atoms with Crippen molar-refractivity contribution in [2.24, 2.45) is 0 Å². The van der Waals surface area contributed by atoms with Gasteiger partial charge in [0.15, 0.2) is 0 Å². The van der Waals surface area contributed by atoms with Crippen LogP contribution in [-0.2, 0) is 0 Å². The van der Waals surface area contributed by atoms with E-state index in [4.69, 9.17) is 11.6 Å². The molecule has 1 aromatic heterocycles. The number of benzene rings is 1. The van der Waals surface area contributed by atoms with Crippen LogP contribution in [0.25, 0.3) is 10.9 Å². The summed E-state index contributed by atoms with van der Waals surface area (Å²) in [5, 5.41) is -0.0781. The van der Waals surface area contributed by atoms with Crippen molar-refractivity contribution in [2.75, 3.05) is 0 Å². The lowest BCUT2D eigenvalue weighted by Crippen LogP contribution is -2.10. The third-order valence-corrected chi connectivity index (χ3v) is 2.16. The first kappa shape index (κ1) is 9.15. The quantitative estimate of drug-likeness (QED) is 0.679. The van der Waals surface area contributed by atoms with Gasteiger partial charge < -0.3 is 0 Å². The summed E-state index contributed by atoms with van der Waals surface area (Å²) >= 11 is 5.56. The molecule has 0 saturated heterocycles. The van der Waals surface area contributed by atoms with Crippen molar-refractivity contribution in [3.8, 4) is 0 Å². The molecule has 2 rings (SSSR count). The Morgan fingerprint density at radius 1 is 1.50 bits per heavy atom. The number of nitrogens with one attached hydrogen (secondary N) is 1. The molecule has 0 spiro atoms. The van der Waals surface area contributed by atoms with Crippen LogP contribution >= 0.6 is 11.6 Å².